The van der Waals surface area contributed by atoms with Crippen molar-refractivity contribution < 1.29 is 75.8 Å². The highest BCUT2D eigenvalue weighted by Gasteiger charge is 2.29. The Kier molecular flexibility index (Phi) is 85.8. The van der Waals surface area contributed by atoms with E-state index >= 15 is 0 Å². The molecule has 0 aromatic carbocycles. The minimum atomic E-state index is -4.95. The van der Waals surface area contributed by atoms with E-state index in [-0.39, 0.29) is 19.3 Å². The van der Waals surface area contributed by atoms with Crippen LogP contribution in [0.2, 0.25) is 0 Å². The summed E-state index contributed by atoms with van der Waals surface area (Å²) in [7, 11) is -9.82. The van der Waals surface area contributed by atoms with E-state index in [1.807, 2.05) is 0 Å². The van der Waals surface area contributed by atoms with Crippen LogP contribution in [0.4, 0.5) is 0 Å². The summed E-state index contributed by atoms with van der Waals surface area (Å²) in [4.78, 5) is 58.9. The SMILES string of the molecule is CC/C=C\C/C=C\C/C=C\C/C=C\C/C=C\C/C=C\CCCCCCCCCCCCCCC(=O)OCC(COP(=O)(O)OCC(O)COP(=O)(O)OCC(O)COC(=O)CCCCCCCCCCCCCCCCCCC/C=C\C/C=C\C/C=C\C/C=C\C/C=C\CC)OC(=O)CCCCCC/C=C\C/C=C\C/C=C\C/C=C\CC. The monoisotopic (exact) mass is 1670 g/mol. The van der Waals surface area contributed by atoms with E-state index < -0.39 is 91.5 Å². The molecule has 117 heavy (non-hydrogen) atoms. The molecular formula is C99H166O16P2. The number of carbonyl (C=O) groups is 3. The zero-order chi connectivity index (χ0) is 85.1. The van der Waals surface area contributed by atoms with E-state index in [0.717, 1.165) is 173 Å². The molecule has 0 heterocycles. The molecule has 0 aromatic heterocycles. The number of phosphoric acid groups is 2. The van der Waals surface area contributed by atoms with Gasteiger partial charge >= 0.3 is 33.6 Å². The third kappa shape index (κ3) is 91.2. The van der Waals surface area contributed by atoms with Crippen LogP contribution in [0.3, 0.4) is 0 Å². The fourth-order valence-electron chi connectivity index (χ4n) is 12.2. The summed E-state index contributed by atoms with van der Waals surface area (Å²) >= 11 is 0. The predicted octanol–water partition coefficient (Wildman–Crippen LogP) is 28.4. The Bertz CT molecular complexity index is 2860. The first-order valence-corrected chi connectivity index (χ1v) is 49.1. The summed E-state index contributed by atoms with van der Waals surface area (Å²) in [6, 6.07) is 0. The van der Waals surface area contributed by atoms with Gasteiger partial charge in [-0.15, -0.1) is 0 Å². The number of phosphoric ester groups is 2. The summed E-state index contributed by atoms with van der Waals surface area (Å²) in [6.45, 7) is 2.34. The lowest BCUT2D eigenvalue weighted by atomic mass is 10.0. The molecule has 0 aliphatic heterocycles. The van der Waals surface area contributed by atoms with E-state index in [0.29, 0.717) is 19.3 Å². The normalized spacial score (nSPS) is 14.6. The highest BCUT2D eigenvalue weighted by Crippen LogP contribution is 2.45. The van der Waals surface area contributed by atoms with Crippen LogP contribution < -0.4 is 0 Å². The number of rotatable bonds is 86. The molecule has 0 aliphatic carbocycles. The molecule has 16 nitrogen and oxygen atoms in total. The van der Waals surface area contributed by atoms with Crippen molar-refractivity contribution in [3.8, 4) is 0 Å². The number of aliphatic hydroxyl groups excluding tert-OH is 2. The number of hydrogen-bond donors (Lipinski definition) is 4. The topological polar surface area (TPSA) is 231 Å². The molecule has 0 radical (unpaired) electrons. The van der Waals surface area contributed by atoms with Crippen molar-refractivity contribution >= 4 is 33.6 Å². The van der Waals surface area contributed by atoms with Gasteiger partial charge < -0.3 is 34.2 Å². The van der Waals surface area contributed by atoms with Crippen molar-refractivity contribution in [1.82, 2.24) is 0 Å². The second-order valence-corrected chi connectivity index (χ2v) is 33.2. The Balaban J connectivity index is 4.51. The maximum Gasteiger partial charge on any atom is 0.472 e. The minimum Gasteiger partial charge on any atom is -0.463 e. The third-order valence-corrected chi connectivity index (χ3v) is 21.0. The van der Waals surface area contributed by atoms with Gasteiger partial charge in [0.1, 0.15) is 25.4 Å². The molecule has 0 saturated heterocycles. The van der Waals surface area contributed by atoms with E-state index in [1.54, 1.807) is 0 Å². The van der Waals surface area contributed by atoms with Crippen molar-refractivity contribution in [2.75, 3.05) is 39.6 Å². The molecule has 4 N–H and O–H groups in total. The van der Waals surface area contributed by atoms with Crippen molar-refractivity contribution in [2.24, 2.45) is 0 Å². The second kappa shape index (κ2) is 89.9. The lowest BCUT2D eigenvalue weighted by molar-refractivity contribution is -0.161. The Labute approximate surface area is 713 Å². The number of unbranched alkanes of at least 4 members (excludes halogenated alkanes) is 33. The van der Waals surface area contributed by atoms with Crippen molar-refractivity contribution in [1.29, 1.82) is 0 Å². The molecule has 668 valence electrons. The standard InChI is InChI=1S/C99H166O16P2/c1-4-7-10-13-16-19-22-25-28-31-33-35-37-39-41-43-45-46-48-50-51-53-55-57-59-62-64-67-70-73-76-79-82-85-97(102)109-88-94(100)89-111-116(105,106)112-90-95(101)91-113-117(107,108)114-93-96(115-99(104)87-84-81-78-75-72-69-66-61-30-27-24-21-18-15-12-9-6-3)92-110-98(103)86-83-80-77-74-71-68-65-63-60-58-56-54-52-49-47-44-42-40-38-36-34-32-29-26-23-20-17-14-11-8-5-2/h7-12,16-21,25-30,33-36,39-42,47,49,66,69,94-96,100-101H,4-6,13-15,22-24,31-32,37-38,43-46,48,50-65,67-68,70-93H2,1-3H3,(H,105,106)(H,107,108)/b10-7-,11-8-,12-9-,19-16-,20-17-,21-18-,28-25-,29-26-,30-27-,35-33-,36-34-,41-39-,42-40-,49-47-,69-66-. The van der Waals surface area contributed by atoms with E-state index in [2.05, 4.69) is 203 Å². The van der Waals surface area contributed by atoms with Crippen LogP contribution in [0.15, 0.2) is 182 Å². The predicted molar refractivity (Wildman–Crippen MR) is 491 cm³/mol. The molecular weight excluding hydrogens is 1510 g/mol. The third-order valence-electron chi connectivity index (χ3n) is 19.1. The number of aliphatic hydroxyl groups is 2. The largest absolute Gasteiger partial charge is 0.472 e. The van der Waals surface area contributed by atoms with Gasteiger partial charge in [-0.25, -0.2) is 9.13 Å². The Morgan fingerprint density at radius 1 is 0.239 bits per heavy atom. The lowest BCUT2D eigenvalue weighted by Crippen LogP contribution is -2.30. The van der Waals surface area contributed by atoms with E-state index in [9.17, 15) is 43.5 Å². The maximum atomic E-state index is 13.0. The number of esters is 3. The van der Waals surface area contributed by atoms with Gasteiger partial charge in [-0.1, -0.05) is 376 Å². The Hall–Kier alpha value is -5.35. The molecule has 0 rings (SSSR count). The summed E-state index contributed by atoms with van der Waals surface area (Å²) in [5.41, 5.74) is 0. The first-order chi connectivity index (χ1) is 57.2. The van der Waals surface area contributed by atoms with Gasteiger partial charge in [0.05, 0.1) is 26.4 Å². The highest BCUT2D eigenvalue weighted by molar-refractivity contribution is 7.47. The summed E-state index contributed by atoms with van der Waals surface area (Å²) in [6.07, 6.45) is 118. The fourth-order valence-corrected chi connectivity index (χ4v) is 13.8. The zero-order valence-corrected chi connectivity index (χ0v) is 75.4. The first kappa shape index (κ1) is 112. The van der Waals surface area contributed by atoms with Gasteiger partial charge in [-0.2, -0.15) is 0 Å². The van der Waals surface area contributed by atoms with Crippen LogP contribution in [0.25, 0.3) is 0 Å². The first-order valence-electron chi connectivity index (χ1n) is 46.1. The average Bonchev–Trinajstić information content (AvgIpc) is 0.894. The van der Waals surface area contributed by atoms with E-state index in [1.165, 1.54) is 135 Å². The quantitative estimate of drug-likeness (QED) is 0.0146. The van der Waals surface area contributed by atoms with Gasteiger partial charge in [0, 0.05) is 19.3 Å². The number of hydrogen-bond acceptors (Lipinski definition) is 14. The molecule has 0 fully saturated rings. The highest BCUT2D eigenvalue weighted by atomic mass is 31.2. The summed E-state index contributed by atoms with van der Waals surface area (Å²) in [5, 5.41) is 20.7. The van der Waals surface area contributed by atoms with Crippen molar-refractivity contribution in [3.05, 3.63) is 182 Å². The minimum absolute atomic E-state index is 0.0718. The average molecular weight is 1670 g/mol. The summed E-state index contributed by atoms with van der Waals surface area (Å²) in [5.74, 6) is -1.60. The van der Waals surface area contributed by atoms with Gasteiger partial charge in [-0.3, -0.25) is 32.5 Å². The molecule has 5 unspecified atom stereocenters. The van der Waals surface area contributed by atoms with Crippen LogP contribution in [-0.2, 0) is 55.8 Å². The number of allylic oxidation sites excluding steroid dienone is 30. The van der Waals surface area contributed by atoms with Crippen LogP contribution in [0, 0.1) is 0 Å². The van der Waals surface area contributed by atoms with Gasteiger partial charge in [0.15, 0.2) is 6.10 Å². The number of carbonyl (C=O) groups excluding carboxylic acids is 3. The molecule has 0 aliphatic rings. The summed E-state index contributed by atoms with van der Waals surface area (Å²) < 4.78 is 61.4. The Morgan fingerprint density at radius 3 is 0.675 bits per heavy atom. The molecule has 0 aromatic rings. The van der Waals surface area contributed by atoms with Crippen molar-refractivity contribution in [2.45, 2.75) is 386 Å². The van der Waals surface area contributed by atoms with Crippen LogP contribution in [-0.4, -0.2) is 95.9 Å². The molecule has 0 amide bonds. The molecule has 18 heteroatoms. The van der Waals surface area contributed by atoms with Gasteiger partial charge in [0.2, 0.25) is 0 Å². The van der Waals surface area contributed by atoms with E-state index in [4.69, 9.17) is 32.3 Å². The smallest absolute Gasteiger partial charge is 0.463 e. The van der Waals surface area contributed by atoms with Crippen LogP contribution in [0.1, 0.15) is 367 Å². The number of ether oxygens (including phenoxy) is 3. The molecule has 5 atom stereocenters. The van der Waals surface area contributed by atoms with Gasteiger partial charge in [-0.05, 0) is 154 Å². The maximum absolute atomic E-state index is 13.0. The molecule has 0 spiro atoms. The molecule has 0 saturated carbocycles. The van der Waals surface area contributed by atoms with Crippen LogP contribution >= 0.6 is 15.6 Å². The molecule has 0 bridgehead atoms. The van der Waals surface area contributed by atoms with Crippen LogP contribution in [0.5, 0.6) is 0 Å². The van der Waals surface area contributed by atoms with Gasteiger partial charge in [0.25, 0.3) is 0 Å². The second-order valence-electron chi connectivity index (χ2n) is 30.3. The van der Waals surface area contributed by atoms with Crippen molar-refractivity contribution in [3.63, 3.8) is 0 Å². The zero-order valence-electron chi connectivity index (χ0n) is 73.6. The lowest BCUT2D eigenvalue weighted by Gasteiger charge is -2.21. The Morgan fingerprint density at radius 2 is 0.427 bits per heavy atom. The fraction of sp³-hybridized carbons (Fsp3) is 0.667.